The number of nitrogens with one attached hydrogen (secondary N) is 2. The molecule has 0 fully saturated rings. The van der Waals surface area contributed by atoms with Crippen LogP contribution in [0, 0.1) is 5.82 Å². The van der Waals surface area contributed by atoms with Crippen molar-refractivity contribution in [1.29, 1.82) is 0 Å². The highest BCUT2D eigenvalue weighted by molar-refractivity contribution is 9.10. The van der Waals surface area contributed by atoms with E-state index in [0.29, 0.717) is 20.7 Å². The Bertz CT molecular complexity index is 869. The van der Waals surface area contributed by atoms with Gasteiger partial charge < -0.3 is 10.6 Å². The van der Waals surface area contributed by atoms with Gasteiger partial charge in [0.05, 0.1) is 10.7 Å². The van der Waals surface area contributed by atoms with Crippen LogP contribution in [0.3, 0.4) is 0 Å². The molecule has 26 heavy (non-hydrogen) atoms. The first-order chi connectivity index (χ1) is 12.3. The molecule has 0 saturated carbocycles. The molecule has 0 aromatic heterocycles. The molecule has 136 valence electrons. The lowest BCUT2D eigenvalue weighted by Gasteiger charge is -2.11. The molecule has 0 heterocycles. The number of hydrogen-bond acceptors (Lipinski definition) is 2. The first kappa shape index (κ1) is 20.1. The number of anilines is 1. The van der Waals surface area contributed by atoms with Crippen molar-refractivity contribution in [2.24, 2.45) is 0 Å². The quantitative estimate of drug-likeness (QED) is 0.642. The molecule has 2 aromatic rings. The first-order valence-corrected chi connectivity index (χ1v) is 8.98. The Balaban J connectivity index is 2.14. The minimum absolute atomic E-state index is 0.0146. The van der Waals surface area contributed by atoms with Crippen molar-refractivity contribution < 1.29 is 14.0 Å². The first-order valence-electron chi connectivity index (χ1n) is 7.81. The Hall–Kier alpha value is -2.18. The molecule has 0 bridgehead atoms. The zero-order chi connectivity index (χ0) is 19.3. The second-order valence-corrected chi connectivity index (χ2v) is 7.13. The maximum Gasteiger partial charge on any atom is 0.251 e. The fourth-order valence-corrected chi connectivity index (χ4v) is 2.63. The fourth-order valence-electron chi connectivity index (χ4n) is 2.09. The molecule has 2 amide bonds. The lowest BCUT2D eigenvalue weighted by molar-refractivity contribution is -0.111. The Morgan fingerprint density at radius 3 is 2.62 bits per heavy atom. The van der Waals surface area contributed by atoms with Crippen molar-refractivity contribution in [3.05, 3.63) is 68.9 Å². The van der Waals surface area contributed by atoms with Crippen LogP contribution >= 0.6 is 27.5 Å². The third kappa shape index (κ3) is 5.68. The van der Waals surface area contributed by atoms with Gasteiger partial charge in [0, 0.05) is 27.7 Å². The van der Waals surface area contributed by atoms with Gasteiger partial charge in [-0.2, -0.15) is 0 Å². The molecular weight excluding hydrogens is 423 g/mol. The van der Waals surface area contributed by atoms with Gasteiger partial charge in [0.15, 0.2) is 0 Å². The smallest absolute Gasteiger partial charge is 0.251 e. The van der Waals surface area contributed by atoms with E-state index in [1.165, 1.54) is 30.4 Å². The third-order valence-corrected chi connectivity index (χ3v) is 4.10. The molecule has 4 nitrogen and oxygen atoms in total. The minimum atomic E-state index is -0.493. The fraction of sp³-hybridized carbons (Fsp3) is 0.158. The van der Waals surface area contributed by atoms with Crippen molar-refractivity contribution in [2.45, 2.75) is 19.9 Å². The van der Waals surface area contributed by atoms with Gasteiger partial charge in [0.2, 0.25) is 5.91 Å². The van der Waals surface area contributed by atoms with E-state index < -0.39 is 11.7 Å². The molecule has 2 aromatic carbocycles. The van der Waals surface area contributed by atoms with Crippen LogP contribution in [0.4, 0.5) is 10.1 Å². The van der Waals surface area contributed by atoms with Crippen LogP contribution in [0.25, 0.3) is 6.08 Å². The molecule has 0 aliphatic heterocycles. The van der Waals surface area contributed by atoms with E-state index in [4.69, 9.17) is 11.6 Å². The van der Waals surface area contributed by atoms with Crippen LogP contribution in [0.1, 0.15) is 29.8 Å². The number of carbonyl (C=O) groups excluding carboxylic acids is 2. The number of benzene rings is 2. The summed E-state index contributed by atoms with van der Waals surface area (Å²) in [4.78, 5) is 24.2. The molecule has 0 atom stereocenters. The van der Waals surface area contributed by atoms with E-state index in [0.717, 1.165) is 0 Å². The summed E-state index contributed by atoms with van der Waals surface area (Å²) in [5.74, 6) is -1.20. The molecular formula is C19H17BrClFN2O2. The number of halogens is 3. The summed E-state index contributed by atoms with van der Waals surface area (Å²) in [6, 6.07) is 9.01. The third-order valence-electron chi connectivity index (χ3n) is 3.28. The van der Waals surface area contributed by atoms with Crippen molar-refractivity contribution >= 4 is 51.1 Å². The van der Waals surface area contributed by atoms with E-state index in [1.54, 1.807) is 18.2 Å². The molecule has 2 rings (SSSR count). The summed E-state index contributed by atoms with van der Waals surface area (Å²) in [5.41, 5.74) is 0.943. The standard InChI is InChI=1S/C19H17BrClFN2O2/c1-11(2)23-19(26)13-3-6-15(21)17(10-13)24-18(25)8-4-12-9-14(20)5-7-16(12)22/h3-11H,1-2H3,(H,23,26)(H,24,25). The van der Waals surface area contributed by atoms with E-state index in [-0.39, 0.29) is 17.5 Å². The van der Waals surface area contributed by atoms with Gasteiger partial charge in [0.1, 0.15) is 5.82 Å². The number of carbonyl (C=O) groups is 2. The van der Waals surface area contributed by atoms with Crippen molar-refractivity contribution in [1.82, 2.24) is 5.32 Å². The summed E-state index contributed by atoms with van der Waals surface area (Å²) in [6.07, 6.45) is 2.56. The van der Waals surface area contributed by atoms with E-state index in [9.17, 15) is 14.0 Å². The van der Waals surface area contributed by atoms with Crippen molar-refractivity contribution in [2.75, 3.05) is 5.32 Å². The van der Waals surface area contributed by atoms with Crippen LogP contribution < -0.4 is 10.6 Å². The Kier molecular flexibility index (Phi) is 6.94. The summed E-state index contributed by atoms with van der Waals surface area (Å²) >= 11 is 9.33. The van der Waals surface area contributed by atoms with Gasteiger partial charge in [-0.1, -0.05) is 27.5 Å². The number of hydrogen-bond donors (Lipinski definition) is 2. The number of rotatable bonds is 5. The average Bonchev–Trinajstić information content (AvgIpc) is 2.57. The molecule has 0 aliphatic carbocycles. The number of amides is 2. The summed E-state index contributed by atoms with van der Waals surface area (Å²) in [7, 11) is 0. The van der Waals surface area contributed by atoms with Gasteiger partial charge in [-0.15, -0.1) is 0 Å². The lowest BCUT2D eigenvalue weighted by atomic mass is 10.1. The second kappa shape index (κ2) is 8.96. The molecule has 2 N–H and O–H groups in total. The van der Waals surface area contributed by atoms with E-state index in [2.05, 4.69) is 26.6 Å². The largest absolute Gasteiger partial charge is 0.350 e. The summed E-state index contributed by atoms with van der Waals surface area (Å²) in [6.45, 7) is 3.70. The molecule has 0 aliphatic rings. The van der Waals surface area contributed by atoms with Gasteiger partial charge in [0.25, 0.3) is 5.91 Å². The SMILES string of the molecule is CC(C)NC(=O)c1ccc(Cl)c(NC(=O)C=Cc2cc(Br)ccc2F)c1. The maximum absolute atomic E-state index is 13.7. The zero-order valence-corrected chi connectivity index (χ0v) is 16.5. The average molecular weight is 440 g/mol. The van der Waals surface area contributed by atoms with Crippen LogP contribution in [-0.4, -0.2) is 17.9 Å². The lowest BCUT2D eigenvalue weighted by Crippen LogP contribution is -2.30. The van der Waals surface area contributed by atoms with E-state index >= 15 is 0 Å². The summed E-state index contributed by atoms with van der Waals surface area (Å²) in [5, 5.41) is 5.65. The predicted molar refractivity (Wildman–Crippen MR) is 106 cm³/mol. The van der Waals surface area contributed by atoms with Gasteiger partial charge in [-0.25, -0.2) is 4.39 Å². The van der Waals surface area contributed by atoms with Gasteiger partial charge in [-0.3, -0.25) is 9.59 Å². The van der Waals surface area contributed by atoms with Crippen LogP contribution in [0.15, 0.2) is 46.9 Å². The monoisotopic (exact) mass is 438 g/mol. The van der Waals surface area contributed by atoms with Crippen molar-refractivity contribution in [3.63, 3.8) is 0 Å². The minimum Gasteiger partial charge on any atom is -0.350 e. The van der Waals surface area contributed by atoms with Crippen molar-refractivity contribution in [3.8, 4) is 0 Å². The molecule has 0 radical (unpaired) electrons. The van der Waals surface area contributed by atoms with Crippen LogP contribution in [0.2, 0.25) is 5.02 Å². The topological polar surface area (TPSA) is 58.2 Å². The molecule has 0 spiro atoms. The normalized spacial score (nSPS) is 11.0. The zero-order valence-electron chi connectivity index (χ0n) is 14.1. The molecule has 0 unspecified atom stereocenters. The highest BCUT2D eigenvalue weighted by Gasteiger charge is 2.11. The summed E-state index contributed by atoms with van der Waals surface area (Å²) < 4.78 is 14.4. The van der Waals surface area contributed by atoms with Gasteiger partial charge >= 0.3 is 0 Å². The highest BCUT2D eigenvalue weighted by atomic mass is 79.9. The van der Waals surface area contributed by atoms with Crippen LogP contribution in [-0.2, 0) is 4.79 Å². The Morgan fingerprint density at radius 1 is 1.19 bits per heavy atom. The predicted octanol–water partition coefficient (Wildman–Crippen LogP) is 5.03. The van der Waals surface area contributed by atoms with Gasteiger partial charge in [-0.05, 0) is 56.3 Å². The Labute approximate surface area is 164 Å². The highest BCUT2D eigenvalue weighted by Crippen LogP contribution is 2.23. The molecule has 0 saturated heterocycles. The molecule has 7 heteroatoms. The Morgan fingerprint density at radius 2 is 1.92 bits per heavy atom. The maximum atomic E-state index is 13.7. The van der Waals surface area contributed by atoms with Crippen LogP contribution in [0.5, 0.6) is 0 Å². The van der Waals surface area contributed by atoms with E-state index in [1.807, 2.05) is 13.8 Å². The second-order valence-electron chi connectivity index (χ2n) is 5.81.